The fourth-order valence-electron chi connectivity index (χ4n) is 2.30. The maximum absolute atomic E-state index is 12.1. The predicted molar refractivity (Wildman–Crippen MR) is 112 cm³/mol. The van der Waals surface area contributed by atoms with E-state index >= 15 is 0 Å². The Bertz CT molecular complexity index is 972. The molecule has 0 spiro atoms. The summed E-state index contributed by atoms with van der Waals surface area (Å²) in [5.74, 6) is -0.343. The second kappa shape index (κ2) is 9.34. The van der Waals surface area contributed by atoms with Gasteiger partial charge < -0.3 is 10.6 Å². The molecule has 0 aliphatic heterocycles. The summed E-state index contributed by atoms with van der Waals surface area (Å²) in [6, 6.07) is 22.3. The van der Waals surface area contributed by atoms with Crippen molar-refractivity contribution in [3.8, 4) is 0 Å². The molecular formula is C21H17ClN4O2. The summed E-state index contributed by atoms with van der Waals surface area (Å²) in [5.41, 5.74) is 4.94. The van der Waals surface area contributed by atoms with E-state index in [9.17, 15) is 9.59 Å². The molecule has 0 heterocycles. The minimum atomic E-state index is -0.396. The first-order chi connectivity index (χ1) is 13.6. The van der Waals surface area contributed by atoms with Crippen LogP contribution < -0.4 is 16.1 Å². The number of hydrazone groups is 1. The van der Waals surface area contributed by atoms with Crippen molar-refractivity contribution in [2.75, 3.05) is 10.6 Å². The zero-order valence-corrected chi connectivity index (χ0v) is 15.5. The smallest absolute Gasteiger partial charge is 0.308 e. The number of halogens is 1. The van der Waals surface area contributed by atoms with Crippen molar-refractivity contribution in [3.05, 3.63) is 95.0 Å². The number of benzene rings is 3. The van der Waals surface area contributed by atoms with Gasteiger partial charge in [0.05, 0.1) is 6.21 Å². The maximum Gasteiger partial charge on any atom is 0.323 e. The molecule has 3 aromatic carbocycles. The summed E-state index contributed by atoms with van der Waals surface area (Å²) in [5, 5.41) is 9.90. The van der Waals surface area contributed by atoms with Crippen molar-refractivity contribution in [2.45, 2.75) is 0 Å². The van der Waals surface area contributed by atoms with Crippen LogP contribution >= 0.6 is 11.6 Å². The Morgan fingerprint density at radius 1 is 0.786 bits per heavy atom. The molecule has 3 rings (SSSR count). The number of hydrogen-bond donors (Lipinski definition) is 3. The van der Waals surface area contributed by atoms with Gasteiger partial charge in [0.25, 0.3) is 5.91 Å². The molecule has 0 aliphatic carbocycles. The summed E-state index contributed by atoms with van der Waals surface area (Å²) in [6.07, 6.45) is 1.56. The highest BCUT2D eigenvalue weighted by molar-refractivity contribution is 6.30. The third-order valence-corrected chi connectivity index (χ3v) is 3.94. The van der Waals surface area contributed by atoms with Crippen LogP contribution in [-0.2, 0) is 0 Å². The minimum absolute atomic E-state index is 0.343. The molecule has 140 valence electrons. The molecule has 6 nitrogen and oxygen atoms in total. The molecule has 3 aromatic rings. The fraction of sp³-hybridized carbons (Fsp3) is 0. The van der Waals surface area contributed by atoms with Crippen LogP contribution in [0.25, 0.3) is 0 Å². The number of rotatable bonds is 5. The molecule has 7 heteroatoms. The Labute approximate surface area is 167 Å². The topological polar surface area (TPSA) is 82.6 Å². The Morgan fingerprint density at radius 2 is 1.36 bits per heavy atom. The maximum atomic E-state index is 12.1. The average Bonchev–Trinajstić information content (AvgIpc) is 2.71. The van der Waals surface area contributed by atoms with Gasteiger partial charge in [-0.3, -0.25) is 4.79 Å². The van der Waals surface area contributed by atoms with E-state index < -0.39 is 6.03 Å². The second-order valence-electron chi connectivity index (χ2n) is 5.77. The van der Waals surface area contributed by atoms with E-state index in [1.165, 1.54) is 0 Å². The highest BCUT2D eigenvalue weighted by Crippen LogP contribution is 2.14. The third-order valence-electron chi connectivity index (χ3n) is 3.69. The van der Waals surface area contributed by atoms with Crippen LogP contribution in [0.1, 0.15) is 15.9 Å². The van der Waals surface area contributed by atoms with Crippen molar-refractivity contribution in [2.24, 2.45) is 5.10 Å². The van der Waals surface area contributed by atoms with Crippen LogP contribution in [0, 0.1) is 0 Å². The summed E-state index contributed by atoms with van der Waals surface area (Å²) in [6.45, 7) is 0. The summed E-state index contributed by atoms with van der Waals surface area (Å²) in [7, 11) is 0. The van der Waals surface area contributed by atoms with Gasteiger partial charge in [0.2, 0.25) is 0 Å². The van der Waals surface area contributed by atoms with Gasteiger partial charge in [0, 0.05) is 22.0 Å². The number of anilines is 2. The number of amides is 3. The first-order valence-corrected chi connectivity index (χ1v) is 8.80. The predicted octanol–water partition coefficient (Wildman–Crippen LogP) is 4.75. The number of carbonyl (C=O) groups excluding carboxylic acids is 2. The lowest BCUT2D eigenvalue weighted by Gasteiger charge is -2.08. The zero-order chi connectivity index (χ0) is 19.8. The second-order valence-corrected chi connectivity index (χ2v) is 6.21. The molecule has 0 aliphatic rings. The van der Waals surface area contributed by atoms with E-state index in [1.807, 2.05) is 30.3 Å². The highest BCUT2D eigenvalue weighted by Gasteiger charge is 2.06. The number of nitrogens with one attached hydrogen (secondary N) is 3. The summed E-state index contributed by atoms with van der Waals surface area (Å²) < 4.78 is 0. The molecule has 0 atom stereocenters. The molecule has 0 radical (unpaired) electrons. The van der Waals surface area contributed by atoms with E-state index in [-0.39, 0.29) is 5.91 Å². The molecule has 3 N–H and O–H groups in total. The Hall–Kier alpha value is -3.64. The van der Waals surface area contributed by atoms with Crippen LogP contribution in [0.4, 0.5) is 16.2 Å². The average molecular weight is 393 g/mol. The van der Waals surface area contributed by atoms with Gasteiger partial charge in [-0.1, -0.05) is 41.9 Å². The largest absolute Gasteiger partial charge is 0.323 e. The van der Waals surface area contributed by atoms with Crippen molar-refractivity contribution in [1.82, 2.24) is 5.43 Å². The van der Waals surface area contributed by atoms with Crippen molar-refractivity contribution in [3.63, 3.8) is 0 Å². The van der Waals surface area contributed by atoms with E-state index in [2.05, 4.69) is 21.2 Å². The van der Waals surface area contributed by atoms with Crippen molar-refractivity contribution < 1.29 is 9.59 Å². The van der Waals surface area contributed by atoms with E-state index in [0.29, 0.717) is 22.0 Å². The molecule has 3 amide bonds. The fourth-order valence-corrected chi connectivity index (χ4v) is 2.43. The van der Waals surface area contributed by atoms with Gasteiger partial charge in [0.1, 0.15) is 0 Å². The van der Waals surface area contributed by atoms with Gasteiger partial charge in [-0.05, 0) is 54.1 Å². The highest BCUT2D eigenvalue weighted by atomic mass is 35.5. The van der Waals surface area contributed by atoms with E-state index in [0.717, 1.165) is 5.56 Å². The lowest BCUT2D eigenvalue weighted by atomic mass is 10.2. The van der Waals surface area contributed by atoms with Gasteiger partial charge in [-0.25, -0.2) is 10.2 Å². The molecule has 0 saturated carbocycles. The normalized spacial score (nSPS) is 10.5. The first-order valence-electron chi connectivity index (χ1n) is 8.42. The molecule has 28 heavy (non-hydrogen) atoms. The summed E-state index contributed by atoms with van der Waals surface area (Å²) in [4.78, 5) is 24.1. The van der Waals surface area contributed by atoms with Crippen LogP contribution in [0.15, 0.2) is 84.0 Å². The SMILES string of the molecule is O=C(Nc1ccc(Cl)cc1)Nc1ccc(C(=O)N/N=C/c2ccccc2)cc1. The summed E-state index contributed by atoms with van der Waals surface area (Å²) >= 11 is 5.81. The number of hydrogen-bond acceptors (Lipinski definition) is 3. The van der Waals surface area contributed by atoms with Crippen LogP contribution in [-0.4, -0.2) is 18.2 Å². The molecule has 0 unspecified atom stereocenters. The molecule has 0 fully saturated rings. The Balaban J connectivity index is 1.52. The standard InChI is InChI=1S/C21H17ClN4O2/c22-17-8-12-19(13-9-17)25-21(28)24-18-10-6-16(7-11-18)20(27)26-23-14-15-4-2-1-3-5-15/h1-14H,(H,26,27)(H2,24,25,28)/b23-14+. The van der Waals surface area contributed by atoms with Crippen molar-refractivity contribution >= 4 is 41.1 Å². The Kier molecular flexibility index (Phi) is 6.38. The van der Waals surface area contributed by atoms with Gasteiger partial charge in [-0.2, -0.15) is 5.10 Å². The van der Waals surface area contributed by atoms with E-state index in [4.69, 9.17) is 11.6 Å². The number of carbonyl (C=O) groups is 2. The number of urea groups is 1. The molecular weight excluding hydrogens is 376 g/mol. The van der Waals surface area contributed by atoms with Crippen LogP contribution in [0.2, 0.25) is 5.02 Å². The quantitative estimate of drug-likeness (QED) is 0.432. The van der Waals surface area contributed by atoms with E-state index in [1.54, 1.807) is 54.7 Å². The zero-order valence-electron chi connectivity index (χ0n) is 14.7. The Morgan fingerprint density at radius 3 is 1.96 bits per heavy atom. The minimum Gasteiger partial charge on any atom is -0.308 e. The third kappa shape index (κ3) is 5.69. The molecule has 0 bridgehead atoms. The van der Waals surface area contributed by atoms with Crippen LogP contribution in [0.3, 0.4) is 0 Å². The van der Waals surface area contributed by atoms with Crippen LogP contribution in [0.5, 0.6) is 0 Å². The first kappa shape index (κ1) is 19.1. The van der Waals surface area contributed by atoms with Crippen molar-refractivity contribution in [1.29, 1.82) is 0 Å². The lowest BCUT2D eigenvalue weighted by Crippen LogP contribution is -2.20. The van der Waals surface area contributed by atoms with Gasteiger partial charge >= 0.3 is 6.03 Å². The number of nitrogens with zero attached hydrogens (tertiary/aromatic N) is 1. The lowest BCUT2D eigenvalue weighted by molar-refractivity contribution is 0.0955. The van der Waals surface area contributed by atoms with Gasteiger partial charge in [-0.15, -0.1) is 0 Å². The molecule has 0 saturated heterocycles. The molecule has 0 aromatic heterocycles. The monoisotopic (exact) mass is 392 g/mol. The van der Waals surface area contributed by atoms with Gasteiger partial charge in [0.15, 0.2) is 0 Å².